The third-order valence-corrected chi connectivity index (χ3v) is 6.82. The minimum Gasteiger partial charge on any atom is -0.340 e. The number of benzene rings is 2. The van der Waals surface area contributed by atoms with Gasteiger partial charge in [0.05, 0.1) is 29.2 Å². The molecule has 2 aromatic carbocycles. The van der Waals surface area contributed by atoms with Crippen molar-refractivity contribution in [2.75, 3.05) is 0 Å². The van der Waals surface area contributed by atoms with Crippen LogP contribution >= 0.6 is 11.6 Å². The molecule has 1 atom stereocenters. The maximum Gasteiger partial charge on any atom is 0.251 e. The minimum absolute atomic E-state index is 0.289. The number of nitrogens with one attached hydrogen (secondary N) is 1. The van der Waals surface area contributed by atoms with Crippen molar-refractivity contribution in [2.45, 2.75) is 12.5 Å². The van der Waals surface area contributed by atoms with E-state index in [-0.39, 0.29) is 11.4 Å². The molecule has 6 aromatic rings. The number of tetrazole rings is 1. The van der Waals surface area contributed by atoms with E-state index in [1.54, 1.807) is 59.6 Å². The summed E-state index contributed by atoms with van der Waals surface area (Å²) in [7, 11) is 0. The van der Waals surface area contributed by atoms with Gasteiger partial charge in [0.15, 0.2) is 0 Å². The van der Waals surface area contributed by atoms with Crippen molar-refractivity contribution >= 4 is 11.6 Å². The van der Waals surface area contributed by atoms with Crippen LogP contribution in [0, 0.1) is 17.1 Å². The van der Waals surface area contributed by atoms with Crippen LogP contribution in [0.1, 0.15) is 23.0 Å². The van der Waals surface area contributed by atoms with E-state index in [2.05, 4.69) is 36.5 Å². The van der Waals surface area contributed by atoms with E-state index in [4.69, 9.17) is 11.6 Å². The lowest BCUT2D eigenvalue weighted by atomic mass is 10.0. The summed E-state index contributed by atoms with van der Waals surface area (Å²) >= 11 is 6.30. The highest BCUT2D eigenvalue weighted by Crippen LogP contribution is 2.30. The molecule has 4 heterocycles. The van der Waals surface area contributed by atoms with Crippen molar-refractivity contribution in [3.05, 3.63) is 130 Å². The summed E-state index contributed by atoms with van der Waals surface area (Å²) in [5, 5.41) is 21.1. The average molecular weight is 564 g/mol. The Kier molecular flexibility index (Phi) is 6.89. The van der Waals surface area contributed by atoms with Crippen molar-refractivity contribution in [3.63, 3.8) is 0 Å². The zero-order valence-corrected chi connectivity index (χ0v) is 21.9. The number of imidazole rings is 1. The monoisotopic (exact) mass is 563 g/mol. The number of hydrogen-bond donors (Lipinski definition) is 1. The number of nitrogens with zero attached hydrogens (tertiary/aromatic N) is 8. The van der Waals surface area contributed by atoms with Crippen LogP contribution in [0.5, 0.6) is 0 Å². The largest absolute Gasteiger partial charge is 0.340 e. The van der Waals surface area contributed by atoms with Gasteiger partial charge in [0, 0.05) is 47.2 Å². The predicted octanol–water partition coefficient (Wildman–Crippen LogP) is 4.77. The second kappa shape index (κ2) is 11.0. The van der Waals surface area contributed by atoms with Gasteiger partial charge < -0.3 is 9.55 Å². The first-order chi connectivity index (χ1) is 20.0. The lowest BCUT2D eigenvalue weighted by Crippen LogP contribution is -2.27. The van der Waals surface area contributed by atoms with E-state index in [0.29, 0.717) is 50.9 Å². The van der Waals surface area contributed by atoms with Crippen molar-refractivity contribution in [3.8, 4) is 34.1 Å². The molecule has 0 saturated heterocycles. The normalized spacial score (nSPS) is 11.7. The Hall–Kier alpha value is -5.47. The topological polar surface area (TPSA) is 131 Å². The Morgan fingerprint density at radius 2 is 1.88 bits per heavy atom. The molecule has 10 nitrogen and oxygen atoms in total. The van der Waals surface area contributed by atoms with E-state index < -0.39 is 6.04 Å². The number of halogens is 2. The number of nitriles is 1. The second-order valence-corrected chi connectivity index (χ2v) is 9.62. The van der Waals surface area contributed by atoms with Gasteiger partial charge in [-0.2, -0.15) is 9.94 Å². The first-order valence-electron chi connectivity index (χ1n) is 12.4. The lowest BCUT2D eigenvalue weighted by Gasteiger charge is -2.19. The summed E-state index contributed by atoms with van der Waals surface area (Å²) < 4.78 is 16.7. The summed E-state index contributed by atoms with van der Waals surface area (Å²) in [4.78, 5) is 25.6. The van der Waals surface area contributed by atoms with E-state index in [1.165, 1.54) is 35.4 Å². The predicted molar refractivity (Wildman–Crippen MR) is 149 cm³/mol. The molecule has 0 unspecified atom stereocenters. The number of aromatic amines is 1. The number of aromatic nitrogens is 8. The van der Waals surface area contributed by atoms with Crippen molar-refractivity contribution < 1.29 is 4.39 Å². The highest BCUT2D eigenvalue weighted by molar-refractivity contribution is 6.31. The number of rotatable bonds is 7. The molecule has 200 valence electrons. The van der Waals surface area contributed by atoms with E-state index in [1.807, 2.05) is 6.07 Å². The van der Waals surface area contributed by atoms with Crippen LogP contribution in [0.25, 0.3) is 28.1 Å². The highest BCUT2D eigenvalue weighted by atomic mass is 35.5. The number of hydrogen-bond acceptors (Lipinski definition) is 7. The maximum absolute atomic E-state index is 13.7. The molecule has 6 rings (SSSR count). The quantitative estimate of drug-likeness (QED) is 0.296. The average Bonchev–Trinajstić information content (AvgIpc) is 3.70. The molecule has 0 saturated carbocycles. The zero-order chi connectivity index (χ0) is 28.3. The molecule has 0 aliphatic rings. The molecule has 4 aromatic heterocycles. The molecule has 41 heavy (non-hydrogen) atoms. The van der Waals surface area contributed by atoms with Crippen LogP contribution in [0.4, 0.5) is 4.39 Å². The van der Waals surface area contributed by atoms with Gasteiger partial charge in [0.2, 0.25) is 0 Å². The van der Waals surface area contributed by atoms with Crippen molar-refractivity contribution in [1.29, 1.82) is 5.26 Å². The smallest absolute Gasteiger partial charge is 0.251 e. The first-order valence-corrected chi connectivity index (χ1v) is 12.8. The molecule has 0 aliphatic carbocycles. The lowest BCUT2D eigenvalue weighted by molar-refractivity contribution is 0.536. The second-order valence-electron chi connectivity index (χ2n) is 9.18. The fourth-order valence-corrected chi connectivity index (χ4v) is 4.77. The van der Waals surface area contributed by atoms with Gasteiger partial charge in [-0.05, 0) is 64.0 Å². The van der Waals surface area contributed by atoms with Gasteiger partial charge in [-0.3, -0.25) is 9.78 Å². The Balaban J connectivity index is 1.42. The van der Waals surface area contributed by atoms with Crippen molar-refractivity contribution in [2.24, 2.45) is 0 Å². The Labute approximate surface area is 237 Å². The van der Waals surface area contributed by atoms with Gasteiger partial charge in [-0.15, -0.1) is 5.10 Å². The number of H-pyrrole nitrogens is 1. The minimum atomic E-state index is -0.554. The van der Waals surface area contributed by atoms with Crippen LogP contribution in [0.3, 0.4) is 0 Å². The van der Waals surface area contributed by atoms with Crippen molar-refractivity contribution in [1.82, 2.24) is 39.7 Å². The molecule has 0 bridgehead atoms. The van der Waals surface area contributed by atoms with Gasteiger partial charge in [0.1, 0.15) is 24.0 Å². The summed E-state index contributed by atoms with van der Waals surface area (Å²) in [5.41, 5.74) is 4.22. The molecule has 0 aliphatic heterocycles. The fraction of sp³-hybridized carbons (Fsp3) is 0.0690. The van der Waals surface area contributed by atoms with Gasteiger partial charge in [-0.1, -0.05) is 23.7 Å². The molecule has 12 heteroatoms. The summed E-state index contributed by atoms with van der Waals surface area (Å²) in [6.07, 6.45) is 8.25. The summed E-state index contributed by atoms with van der Waals surface area (Å²) in [6.45, 7) is 0. The number of pyridine rings is 2. The Bertz CT molecular complexity index is 1940. The maximum atomic E-state index is 13.7. The molecular weight excluding hydrogens is 545 g/mol. The van der Waals surface area contributed by atoms with Gasteiger partial charge in [-0.25, -0.2) is 9.37 Å². The molecular formula is C29H19ClFN9O. The standard InChI is InChI=1S/C29H19ClFN9O/c30-22-3-6-26(40-17-35-37-38-40)24(12-22)20-7-8-39(28(41)11-20)27(10-18-1-4-23(31)5-2-18)29-34-16-25(36-29)21-9-19(13-32)14-33-15-21/h1-9,11-12,14-17,27H,10H2,(H,34,36)/t27-/m1/s1. The molecule has 0 spiro atoms. The van der Waals surface area contributed by atoms with Crippen LogP contribution in [0.15, 0.2) is 96.6 Å². The molecule has 0 fully saturated rings. The molecule has 1 N–H and O–H groups in total. The first kappa shape index (κ1) is 25.8. The zero-order valence-electron chi connectivity index (χ0n) is 21.2. The van der Waals surface area contributed by atoms with Gasteiger partial charge in [0.25, 0.3) is 5.56 Å². The third-order valence-electron chi connectivity index (χ3n) is 6.58. The van der Waals surface area contributed by atoms with Crippen LogP contribution in [-0.4, -0.2) is 39.7 Å². The Morgan fingerprint density at radius 3 is 2.63 bits per heavy atom. The van der Waals surface area contributed by atoms with Crippen LogP contribution in [-0.2, 0) is 6.42 Å². The van der Waals surface area contributed by atoms with E-state index >= 15 is 0 Å². The van der Waals surface area contributed by atoms with Crippen LogP contribution in [0.2, 0.25) is 5.02 Å². The SMILES string of the molecule is N#Cc1cncc(-c2cnc([C@@H](Cc3ccc(F)cc3)n3ccc(-c4cc(Cl)ccc4-n4cnnn4)cc3=O)[nH]2)c1. The van der Waals surface area contributed by atoms with Gasteiger partial charge >= 0.3 is 0 Å². The van der Waals surface area contributed by atoms with E-state index in [0.717, 1.165) is 5.56 Å². The molecule has 0 radical (unpaired) electrons. The van der Waals surface area contributed by atoms with E-state index in [9.17, 15) is 14.4 Å². The highest BCUT2D eigenvalue weighted by Gasteiger charge is 2.21. The molecule has 0 amide bonds. The Morgan fingerprint density at radius 1 is 1.02 bits per heavy atom. The van der Waals surface area contributed by atoms with Crippen LogP contribution < -0.4 is 5.56 Å². The third kappa shape index (κ3) is 5.36. The fourth-order valence-electron chi connectivity index (χ4n) is 4.60. The summed E-state index contributed by atoms with van der Waals surface area (Å²) in [5.74, 6) is 0.163. The summed E-state index contributed by atoms with van der Waals surface area (Å²) in [6, 6.07) is 17.9.